The van der Waals surface area contributed by atoms with Crippen molar-refractivity contribution >= 4 is 23.1 Å². The maximum atomic E-state index is 13.2. The molecule has 5 nitrogen and oxygen atoms in total. The molecule has 0 radical (unpaired) electrons. The molecule has 0 aliphatic carbocycles. The third-order valence-corrected chi connectivity index (χ3v) is 6.00. The van der Waals surface area contributed by atoms with E-state index in [0.717, 1.165) is 34.5 Å². The zero-order valence-electron chi connectivity index (χ0n) is 18.7. The summed E-state index contributed by atoms with van der Waals surface area (Å²) in [5.74, 6) is 0.493. The second kappa shape index (κ2) is 8.79. The molecule has 5 rings (SSSR count). The Balaban J connectivity index is 1.53. The fourth-order valence-electron chi connectivity index (χ4n) is 4.07. The van der Waals surface area contributed by atoms with Crippen molar-refractivity contribution in [1.82, 2.24) is 9.78 Å². The highest BCUT2D eigenvalue weighted by atomic mass is 16.1. The van der Waals surface area contributed by atoms with Gasteiger partial charge in [-0.25, -0.2) is 4.68 Å². The van der Waals surface area contributed by atoms with E-state index in [1.165, 1.54) is 5.56 Å². The minimum atomic E-state index is -0.193. The monoisotopic (exact) mass is 434 g/mol. The molecule has 4 aromatic rings. The van der Waals surface area contributed by atoms with Crippen molar-refractivity contribution in [3.8, 4) is 0 Å². The molecule has 0 saturated heterocycles. The van der Waals surface area contributed by atoms with Crippen LogP contribution in [0, 0.1) is 6.92 Å². The van der Waals surface area contributed by atoms with E-state index in [2.05, 4.69) is 65.1 Å². The first kappa shape index (κ1) is 20.8. The molecule has 2 heterocycles. The number of carbonyl (C=O) groups is 1. The van der Waals surface area contributed by atoms with E-state index in [4.69, 9.17) is 0 Å². The van der Waals surface area contributed by atoms with Crippen molar-refractivity contribution in [1.29, 1.82) is 0 Å². The van der Waals surface area contributed by atoms with Gasteiger partial charge in [-0.2, -0.15) is 5.10 Å². The number of hydrogen-bond donors (Lipinski definition) is 2. The number of rotatable bonds is 5. The zero-order chi connectivity index (χ0) is 22.8. The van der Waals surface area contributed by atoms with E-state index in [1.807, 2.05) is 54.1 Å². The van der Waals surface area contributed by atoms with Gasteiger partial charge >= 0.3 is 0 Å². The molecule has 0 saturated carbocycles. The van der Waals surface area contributed by atoms with Crippen molar-refractivity contribution in [2.45, 2.75) is 26.3 Å². The Morgan fingerprint density at radius 2 is 1.73 bits per heavy atom. The molecule has 0 fully saturated rings. The lowest BCUT2D eigenvalue weighted by molar-refractivity contribution is 0.102. The molecule has 164 valence electrons. The van der Waals surface area contributed by atoms with Gasteiger partial charge in [0.1, 0.15) is 11.4 Å². The van der Waals surface area contributed by atoms with Crippen LogP contribution >= 0.6 is 0 Å². The van der Waals surface area contributed by atoms with Gasteiger partial charge in [0.05, 0.1) is 12.2 Å². The fraction of sp³-hybridized carbons (Fsp3) is 0.143. The van der Waals surface area contributed by atoms with E-state index in [-0.39, 0.29) is 11.9 Å². The Labute approximate surface area is 193 Å². The number of fused-ring (bicyclic) bond motifs is 1. The highest BCUT2D eigenvalue weighted by molar-refractivity contribution is 6.08. The van der Waals surface area contributed by atoms with Crippen molar-refractivity contribution in [2.75, 3.05) is 10.6 Å². The number of aromatic nitrogens is 2. The summed E-state index contributed by atoms with van der Waals surface area (Å²) in [6.45, 7) is 4.17. The molecule has 1 amide bonds. The summed E-state index contributed by atoms with van der Waals surface area (Å²) in [6.07, 6.45) is 4.80. The van der Waals surface area contributed by atoms with Crippen LogP contribution in [-0.4, -0.2) is 15.7 Å². The smallest absolute Gasteiger partial charge is 0.261 e. The van der Waals surface area contributed by atoms with Crippen LogP contribution in [0.4, 0.5) is 11.5 Å². The van der Waals surface area contributed by atoms with Crippen molar-refractivity contribution in [2.24, 2.45) is 0 Å². The highest BCUT2D eigenvalue weighted by Gasteiger charge is 2.27. The van der Waals surface area contributed by atoms with Crippen molar-refractivity contribution in [3.63, 3.8) is 0 Å². The molecule has 1 atom stereocenters. The second-order valence-electron chi connectivity index (χ2n) is 8.28. The number of nitrogens with zero attached hydrogens (tertiary/aromatic N) is 2. The first-order chi connectivity index (χ1) is 16.1. The van der Waals surface area contributed by atoms with Crippen LogP contribution in [-0.2, 0) is 6.42 Å². The van der Waals surface area contributed by atoms with Crippen LogP contribution in [0.1, 0.15) is 45.6 Å². The first-order valence-electron chi connectivity index (χ1n) is 11.2. The van der Waals surface area contributed by atoms with Crippen molar-refractivity contribution in [3.05, 3.63) is 119 Å². The summed E-state index contributed by atoms with van der Waals surface area (Å²) in [5, 5.41) is 11.1. The molecule has 0 unspecified atom stereocenters. The largest absolute Gasteiger partial charge is 0.339 e. The van der Waals surface area contributed by atoms with E-state index < -0.39 is 0 Å². The Hall–Kier alpha value is -4.12. The normalized spacial score (nSPS) is 14.7. The van der Waals surface area contributed by atoms with E-state index in [1.54, 1.807) is 6.20 Å². The topological polar surface area (TPSA) is 59.0 Å². The van der Waals surface area contributed by atoms with E-state index in [0.29, 0.717) is 11.4 Å². The number of anilines is 2. The van der Waals surface area contributed by atoms with E-state index >= 15 is 0 Å². The maximum Gasteiger partial charge on any atom is 0.261 e. The number of hydrogen-bond acceptors (Lipinski definition) is 3. The van der Waals surface area contributed by atoms with Crippen LogP contribution in [0.5, 0.6) is 0 Å². The standard InChI is InChI=1S/C28H26N4O/c1-3-20-11-13-21(14-12-20)25-17-26(22-7-5-4-6-8-22)32-27(31-25)24(18-29-32)28(33)30-23-15-9-19(2)10-16-23/h4-18,26,31H,3H2,1-2H3,(H,30,33)/t26-/m0/s1. The van der Waals surface area contributed by atoms with Crippen LogP contribution in [0.3, 0.4) is 0 Å². The number of nitrogens with one attached hydrogen (secondary N) is 2. The van der Waals surface area contributed by atoms with Gasteiger partial charge in [0.2, 0.25) is 0 Å². The summed E-state index contributed by atoms with van der Waals surface area (Å²) < 4.78 is 1.88. The predicted molar refractivity (Wildman–Crippen MR) is 133 cm³/mol. The van der Waals surface area contributed by atoms with Gasteiger partial charge in [-0.15, -0.1) is 0 Å². The highest BCUT2D eigenvalue weighted by Crippen LogP contribution is 2.35. The Morgan fingerprint density at radius 3 is 2.42 bits per heavy atom. The SMILES string of the molecule is CCc1ccc(C2=C[C@@H](c3ccccc3)n3ncc(C(=O)Nc4ccc(C)cc4)c3N2)cc1. The van der Waals surface area contributed by atoms with Gasteiger partial charge in [0.25, 0.3) is 5.91 Å². The molecule has 0 spiro atoms. The molecule has 1 aliphatic rings. The summed E-state index contributed by atoms with van der Waals surface area (Å²) >= 11 is 0. The summed E-state index contributed by atoms with van der Waals surface area (Å²) in [7, 11) is 0. The molecule has 1 aromatic heterocycles. The number of benzene rings is 3. The first-order valence-corrected chi connectivity index (χ1v) is 11.2. The number of allylic oxidation sites excluding steroid dienone is 1. The van der Waals surface area contributed by atoms with Gasteiger partial charge < -0.3 is 10.6 Å². The predicted octanol–water partition coefficient (Wildman–Crippen LogP) is 6.06. The lowest BCUT2D eigenvalue weighted by Crippen LogP contribution is -2.22. The third kappa shape index (κ3) is 4.17. The molecular formula is C28H26N4O. The number of carbonyl (C=O) groups excluding carboxylic acids is 1. The molecule has 2 N–H and O–H groups in total. The van der Waals surface area contributed by atoms with E-state index in [9.17, 15) is 4.79 Å². The average Bonchev–Trinajstić information content (AvgIpc) is 3.30. The minimum Gasteiger partial charge on any atom is -0.339 e. The quantitative estimate of drug-likeness (QED) is 0.401. The summed E-state index contributed by atoms with van der Waals surface area (Å²) in [6, 6.07) is 26.4. The molecular weight excluding hydrogens is 408 g/mol. The van der Waals surface area contributed by atoms with Gasteiger partial charge in [-0.1, -0.05) is 79.2 Å². The zero-order valence-corrected chi connectivity index (χ0v) is 18.7. The number of aryl methyl sites for hydroxylation is 2. The van der Waals surface area contributed by atoms with Crippen LogP contribution in [0.15, 0.2) is 91.1 Å². The minimum absolute atomic E-state index is 0.121. The molecule has 0 bridgehead atoms. The van der Waals surface area contributed by atoms with Gasteiger partial charge in [0.15, 0.2) is 0 Å². The summed E-state index contributed by atoms with van der Waals surface area (Å²) in [4.78, 5) is 13.2. The third-order valence-electron chi connectivity index (χ3n) is 6.00. The number of amides is 1. The van der Waals surface area contributed by atoms with Gasteiger partial charge in [-0.05, 0) is 48.2 Å². The van der Waals surface area contributed by atoms with Crippen LogP contribution < -0.4 is 10.6 Å². The molecule has 5 heteroatoms. The maximum absolute atomic E-state index is 13.2. The second-order valence-corrected chi connectivity index (χ2v) is 8.28. The Kier molecular flexibility index (Phi) is 5.53. The van der Waals surface area contributed by atoms with Crippen molar-refractivity contribution < 1.29 is 4.79 Å². The Bertz CT molecular complexity index is 1300. The Morgan fingerprint density at radius 1 is 1.00 bits per heavy atom. The van der Waals surface area contributed by atoms with Crippen LogP contribution in [0.2, 0.25) is 0 Å². The van der Waals surface area contributed by atoms with Crippen LogP contribution in [0.25, 0.3) is 5.70 Å². The lowest BCUT2D eigenvalue weighted by atomic mass is 10.00. The van der Waals surface area contributed by atoms with Gasteiger partial charge in [0, 0.05) is 11.4 Å². The molecule has 33 heavy (non-hydrogen) atoms. The molecule has 1 aliphatic heterocycles. The fourth-order valence-corrected chi connectivity index (χ4v) is 4.07. The lowest BCUT2D eigenvalue weighted by Gasteiger charge is -2.26. The van der Waals surface area contributed by atoms with Gasteiger partial charge in [-0.3, -0.25) is 4.79 Å². The molecule has 3 aromatic carbocycles. The summed E-state index contributed by atoms with van der Waals surface area (Å²) in [5.41, 5.74) is 6.84. The average molecular weight is 435 g/mol.